The molecule has 2 aliphatic rings. The van der Waals surface area contributed by atoms with E-state index in [2.05, 4.69) is 24.4 Å². The molecule has 0 bridgehead atoms. The molecule has 19 heavy (non-hydrogen) atoms. The van der Waals surface area contributed by atoms with Crippen LogP contribution < -0.4 is 5.32 Å². The van der Waals surface area contributed by atoms with E-state index in [4.69, 9.17) is 16.3 Å². The van der Waals surface area contributed by atoms with E-state index in [1.54, 1.807) is 0 Å². The minimum Gasteiger partial charge on any atom is -0.375 e. The lowest BCUT2D eigenvalue weighted by atomic mass is 9.74. The van der Waals surface area contributed by atoms with Crippen LogP contribution in [0, 0.1) is 0 Å². The molecule has 0 aromatic heterocycles. The fraction of sp³-hybridized carbons (Fsp3) is 0.625. The predicted molar refractivity (Wildman–Crippen MR) is 78.6 cm³/mol. The van der Waals surface area contributed by atoms with Crippen molar-refractivity contribution in [2.75, 3.05) is 6.61 Å². The van der Waals surface area contributed by atoms with Gasteiger partial charge in [-0.25, -0.2) is 0 Å². The van der Waals surface area contributed by atoms with Gasteiger partial charge in [0.15, 0.2) is 0 Å². The van der Waals surface area contributed by atoms with Crippen LogP contribution in [0.15, 0.2) is 24.3 Å². The molecule has 2 nitrogen and oxygen atoms in total. The van der Waals surface area contributed by atoms with Gasteiger partial charge in [-0.05, 0) is 56.7 Å². The van der Waals surface area contributed by atoms with Crippen LogP contribution in [-0.4, -0.2) is 18.2 Å². The van der Waals surface area contributed by atoms with Crippen molar-refractivity contribution in [2.45, 2.75) is 56.7 Å². The van der Waals surface area contributed by atoms with Crippen LogP contribution in [0.3, 0.4) is 0 Å². The third kappa shape index (κ3) is 2.96. The van der Waals surface area contributed by atoms with Gasteiger partial charge < -0.3 is 10.1 Å². The van der Waals surface area contributed by atoms with Crippen molar-refractivity contribution >= 4 is 11.6 Å². The Balaban J connectivity index is 1.59. The number of hydrogen-bond acceptors (Lipinski definition) is 2. The largest absolute Gasteiger partial charge is 0.375 e. The van der Waals surface area contributed by atoms with Gasteiger partial charge in [-0.15, -0.1) is 0 Å². The summed E-state index contributed by atoms with van der Waals surface area (Å²) in [7, 11) is 0. The number of nitrogens with one attached hydrogen (secondary N) is 1. The van der Waals surface area contributed by atoms with Crippen LogP contribution in [0.5, 0.6) is 0 Å². The van der Waals surface area contributed by atoms with Gasteiger partial charge >= 0.3 is 0 Å². The van der Waals surface area contributed by atoms with Gasteiger partial charge in [0.2, 0.25) is 0 Å². The van der Waals surface area contributed by atoms with Gasteiger partial charge in [0.25, 0.3) is 0 Å². The molecule has 1 aliphatic carbocycles. The van der Waals surface area contributed by atoms with Crippen molar-refractivity contribution in [1.29, 1.82) is 0 Å². The SMILES string of the molecule is C[C@H](NC1CCOC2(CCC2)C1)c1ccc(Cl)cc1. The maximum Gasteiger partial charge on any atom is 0.0697 e. The Morgan fingerprint density at radius 2 is 2.05 bits per heavy atom. The Kier molecular flexibility index (Phi) is 3.84. The maximum atomic E-state index is 5.98. The van der Waals surface area contributed by atoms with Crippen LogP contribution in [0.4, 0.5) is 0 Å². The average molecular weight is 280 g/mol. The Morgan fingerprint density at radius 1 is 1.32 bits per heavy atom. The van der Waals surface area contributed by atoms with E-state index >= 15 is 0 Å². The van der Waals surface area contributed by atoms with Gasteiger partial charge in [0, 0.05) is 23.7 Å². The van der Waals surface area contributed by atoms with Crippen molar-refractivity contribution in [3.8, 4) is 0 Å². The summed E-state index contributed by atoms with van der Waals surface area (Å²) >= 11 is 5.94. The Bertz CT molecular complexity index is 427. The zero-order valence-corrected chi connectivity index (χ0v) is 12.2. The second kappa shape index (κ2) is 5.43. The van der Waals surface area contributed by atoms with E-state index < -0.39 is 0 Å². The number of hydrogen-bond donors (Lipinski definition) is 1. The van der Waals surface area contributed by atoms with Crippen molar-refractivity contribution in [1.82, 2.24) is 5.32 Å². The molecule has 3 rings (SSSR count). The third-order valence-corrected chi connectivity index (χ3v) is 4.87. The van der Waals surface area contributed by atoms with Gasteiger partial charge in [0.1, 0.15) is 0 Å². The number of benzene rings is 1. The molecule has 0 amide bonds. The van der Waals surface area contributed by atoms with Crippen molar-refractivity contribution in [3.05, 3.63) is 34.9 Å². The van der Waals surface area contributed by atoms with E-state index in [1.165, 1.54) is 31.2 Å². The highest BCUT2D eigenvalue weighted by atomic mass is 35.5. The van der Waals surface area contributed by atoms with Crippen molar-refractivity contribution in [2.24, 2.45) is 0 Å². The number of ether oxygens (including phenoxy) is 1. The highest BCUT2D eigenvalue weighted by molar-refractivity contribution is 6.30. The first-order valence-corrected chi connectivity index (χ1v) is 7.70. The average Bonchev–Trinajstić information content (AvgIpc) is 2.38. The number of rotatable bonds is 3. The van der Waals surface area contributed by atoms with Gasteiger partial charge in [-0.3, -0.25) is 0 Å². The zero-order chi connectivity index (χ0) is 13.3. The molecule has 1 saturated carbocycles. The molecular weight excluding hydrogens is 258 g/mol. The normalized spacial score (nSPS) is 26.9. The number of halogens is 1. The zero-order valence-electron chi connectivity index (χ0n) is 11.5. The minimum atomic E-state index is 0.218. The molecule has 1 unspecified atom stereocenters. The smallest absolute Gasteiger partial charge is 0.0697 e. The molecule has 1 heterocycles. The maximum absolute atomic E-state index is 5.98. The second-order valence-corrected chi connectivity index (χ2v) is 6.45. The predicted octanol–water partition coefficient (Wildman–Crippen LogP) is 4.09. The quantitative estimate of drug-likeness (QED) is 0.900. The summed E-state index contributed by atoms with van der Waals surface area (Å²) in [4.78, 5) is 0. The molecule has 2 atom stereocenters. The second-order valence-electron chi connectivity index (χ2n) is 6.01. The monoisotopic (exact) mass is 279 g/mol. The lowest BCUT2D eigenvalue weighted by Gasteiger charge is -2.47. The molecule has 104 valence electrons. The highest BCUT2D eigenvalue weighted by Crippen LogP contribution is 2.42. The van der Waals surface area contributed by atoms with Crippen LogP contribution in [0.2, 0.25) is 5.02 Å². The lowest BCUT2D eigenvalue weighted by molar-refractivity contribution is -0.136. The Labute approximate surface area is 120 Å². The third-order valence-electron chi connectivity index (χ3n) is 4.61. The lowest BCUT2D eigenvalue weighted by Crippen LogP contribution is -2.51. The van der Waals surface area contributed by atoms with E-state index in [0.717, 1.165) is 18.1 Å². The van der Waals surface area contributed by atoms with Crippen LogP contribution in [0.1, 0.15) is 50.6 Å². The van der Waals surface area contributed by atoms with Crippen LogP contribution in [-0.2, 0) is 4.74 Å². The molecule has 0 radical (unpaired) electrons. The van der Waals surface area contributed by atoms with Crippen LogP contribution in [0.25, 0.3) is 0 Å². The molecule has 1 saturated heterocycles. The summed E-state index contributed by atoms with van der Waals surface area (Å²) in [5.41, 5.74) is 1.52. The summed E-state index contributed by atoms with van der Waals surface area (Å²) in [5.74, 6) is 0. The summed E-state index contributed by atoms with van der Waals surface area (Å²) in [6, 6.07) is 9.10. The molecule has 2 fully saturated rings. The highest BCUT2D eigenvalue weighted by Gasteiger charge is 2.42. The minimum absolute atomic E-state index is 0.218. The first-order valence-electron chi connectivity index (χ1n) is 7.32. The molecule has 1 aromatic carbocycles. The standard InChI is InChI=1S/C16H22ClNO/c1-12(13-3-5-14(17)6-4-13)18-15-7-10-19-16(11-15)8-2-9-16/h3-6,12,15,18H,2,7-11H2,1H3/t12-,15?/m0/s1. The van der Waals surface area contributed by atoms with Crippen molar-refractivity contribution in [3.63, 3.8) is 0 Å². The fourth-order valence-corrected chi connectivity index (χ4v) is 3.42. The van der Waals surface area contributed by atoms with Gasteiger partial charge in [-0.2, -0.15) is 0 Å². The molecule has 1 spiro atoms. The summed E-state index contributed by atoms with van der Waals surface area (Å²) in [6.07, 6.45) is 6.13. The first-order chi connectivity index (χ1) is 9.17. The van der Waals surface area contributed by atoms with Gasteiger partial charge in [-0.1, -0.05) is 23.7 Å². The summed E-state index contributed by atoms with van der Waals surface area (Å²) in [6.45, 7) is 3.14. The summed E-state index contributed by atoms with van der Waals surface area (Å²) < 4.78 is 5.98. The van der Waals surface area contributed by atoms with Gasteiger partial charge in [0.05, 0.1) is 5.60 Å². The molecule has 3 heteroatoms. The fourth-order valence-electron chi connectivity index (χ4n) is 3.29. The molecule has 1 aromatic rings. The van der Waals surface area contributed by atoms with E-state index in [-0.39, 0.29) is 5.60 Å². The molecular formula is C16H22ClNO. The van der Waals surface area contributed by atoms with E-state index in [9.17, 15) is 0 Å². The Hall–Kier alpha value is -0.570. The molecule has 1 N–H and O–H groups in total. The first kappa shape index (κ1) is 13.4. The van der Waals surface area contributed by atoms with Crippen molar-refractivity contribution < 1.29 is 4.74 Å². The molecule has 1 aliphatic heterocycles. The van der Waals surface area contributed by atoms with E-state index in [0.29, 0.717) is 12.1 Å². The topological polar surface area (TPSA) is 21.3 Å². The van der Waals surface area contributed by atoms with E-state index in [1.807, 2.05) is 12.1 Å². The summed E-state index contributed by atoms with van der Waals surface area (Å²) in [5, 5.41) is 4.56. The van der Waals surface area contributed by atoms with Crippen LogP contribution >= 0.6 is 11.6 Å². The Morgan fingerprint density at radius 3 is 2.68 bits per heavy atom.